The van der Waals surface area contributed by atoms with E-state index in [1.54, 1.807) is 0 Å². The molecule has 0 atom stereocenters. The molecule has 98 valence electrons. The zero-order valence-electron chi connectivity index (χ0n) is 10.6. The van der Waals surface area contributed by atoms with Crippen LogP contribution in [0.4, 0.5) is 0 Å². The van der Waals surface area contributed by atoms with Gasteiger partial charge in [0.05, 0.1) is 6.61 Å². The number of Topliss-reactive ketones (excluding diaryl/α,β-unsaturated/α-hetero) is 1. The van der Waals surface area contributed by atoms with Crippen LogP contribution in [-0.2, 0) is 22.5 Å². The van der Waals surface area contributed by atoms with E-state index in [9.17, 15) is 9.59 Å². The monoisotopic (exact) mass is 250 g/mol. The van der Waals surface area contributed by atoms with Gasteiger partial charge in [-0.25, -0.2) is 0 Å². The van der Waals surface area contributed by atoms with E-state index in [0.717, 1.165) is 29.8 Å². The van der Waals surface area contributed by atoms with Gasteiger partial charge in [-0.15, -0.1) is 0 Å². The van der Waals surface area contributed by atoms with Crippen molar-refractivity contribution in [1.82, 2.24) is 4.57 Å². The van der Waals surface area contributed by atoms with Gasteiger partial charge in [0.15, 0.2) is 5.78 Å². The van der Waals surface area contributed by atoms with Gasteiger partial charge in [-0.3, -0.25) is 9.59 Å². The number of rotatable bonds is 5. The second-order valence-corrected chi connectivity index (χ2v) is 4.59. The molecule has 0 spiro atoms. The molecule has 0 fully saturated rings. The quantitative estimate of drug-likeness (QED) is 0.786. The number of aromatic nitrogens is 1. The van der Waals surface area contributed by atoms with Gasteiger partial charge in [-0.05, 0) is 25.8 Å². The van der Waals surface area contributed by atoms with Gasteiger partial charge >= 0.3 is 0 Å². The summed E-state index contributed by atoms with van der Waals surface area (Å²) >= 11 is 0. The second-order valence-electron chi connectivity index (χ2n) is 4.59. The van der Waals surface area contributed by atoms with Crippen molar-refractivity contribution in [2.45, 2.75) is 32.7 Å². The van der Waals surface area contributed by atoms with Crippen molar-refractivity contribution in [3.63, 3.8) is 0 Å². The molecule has 0 saturated carbocycles. The van der Waals surface area contributed by atoms with E-state index in [0.29, 0.717) is 19.6 Å². The van der Waals surface area contributed by atoms with Crippen molar-refractivity contribution in [2.75, 3.05) is 13.2 Å². The van der Waals surface area contributed by atoms with Gasteiger partial charge < -0.3 is 15.0 Å². The molecule has 0 unspecified atom stereocenters. The molecule has 18 heavy (non-hydrogen) atoms. The summed E-state index contributed by atoms with van der Waals surface area (Å²) in [5.41, 5.74) is 8.02. The number of ketones is 1. The van der Waals surface area contributed by atoms with E-state index < -0.39 is 5.91 Å². The van der Waals surface area contributed by atoms with E-state index in [1.807, 2.05) is 13.0 Å². The number of nitrogens with zero attached hydrogens (tertiary/aromatic N) is 1. The fourth-order valence-electron chi connectivity index (χ4n) is 2.43. The summed E-state index contributed by atoms with van der Waals surface area (Å²) < 4.78 is 7.27. The molecule has 5 nitrogen and oxygen atoms in total. The fourth-order valence-corrected chi connectivity index (χ4v) is 2.43. The number of primary amides is 1. The Bertz CT molecular complexity index is 477. The third-order valence-corrected chi connectivity index (χ3v) is 3.24. The first-order valence-electron chi connectivity index (χ1n) is 6.18. The largest absolute Gasteiger partial charge is 0.370 e. The maximum absolute atomic E-state index is 11.8. The Hall–Kier alpha value is -1.62. The molecule has 1 heterocycles. The molecular formula is C13H18N2O3. The Morgan fingerprint density at radius 2 is 2.28 bits per heavy atom. The smallest absolute Gasteiger partial charge is 0.243 e. The standard InChI is InChI=1S/C13H18N2O3/c1-9-7-10-11(3-2-4-12(10)16)15(9)5-6-18-8-13(14)17/h7H,2-6,8H2,1H3,(H2,14,17). The number of fused-ring (bicyclic) bond motifs is 1. The molecule has 1 aliphatic rings. The number of ether oxygens (including phenoxy) is 1. The molecule has 0 aromatic carbocycles. The number of hydrogen-bond acceptors (Lipinski definition) is 3. The first-order chi connectivity index (χ1) is 8.59. The molecule has 5 heteroatoms. The van der Waals surface area contributed by atoms with Crippen molar-refractivity contribution >= 4 is 11.7 Å². The van der Waals surface area contributed by atoms with E-state index in [1.165, 1.54) is 0 Å². The lowest BCUT2D eigenvalue weighted by molar-refractivity contribution is -0.122. The molecule has 2 rings (SSSR count). The molecule has 2 N–H and O–H groups in total. The van der Waals surface area contributed by atoms with Crippen LogP contribution in [0.5, 0.6) is 0 Å². The number of amides is 1. The number of carbonyl (C=O) groups excluding carboxylic acids is 2. The highest BCUT2D eigenvalue weighted by molar-refractivity contribution is 5.98. The van der Waals surface area contributed by atoms with Crippen LogP contribution in [0.15, 0.2) is 6.07 Å². The lowest BCUT2D eigenvalue weighted by Crippen LogP contribution is -2.21. The molecule has 1 aromatic heterocycles. The normalized spacial score (nSPS) is 14.6. The zero-order valence-corrected chi connectivity index (χ0v) is 10.6. The van der Waals surface area contributed by atoms with E-state index in [2.05, 4.69) is 4.57 Å². The Morgan fingerprint density at radius 3 is 3.00 bits per heavy atom. The van der Waals surface area contributed by atoms with E-state index >= 15 is 0 Å². The third-order valence-electron chi connectivity index (χ3n) is 3.24. The molecule has 0 radical (unpaired) electrons. The van der Waals surface area contributed by atoms with Crippen LogP contribution in [0.2, 0.25) is 0 Å². The highest BCUT2D eigenvalue weighted by Gasteiger charge is 2.22. The van der Waals surface area contributed by atoms with Gasteiger partial charge in [0.1, 0.15) is 6.61 Å². The SMILES string of the molecule is Cc1cc2c(n1CCOCC(N)=O)CCCC2=O. The van der Waals surface area contributed by atoms with Crippen LogP contribution in [0.25, 0.3) is 0 Å². The first-order valence-corrected chi connectivity index (χ1v) is 6.18. The summed E-state index contributed by atoms with van der Waals surface area (Å²) in [6.45, 7) is 3.02. The summed E-state index contributed by atoms with van der Waals surface area (Å²) in [5, 5.41) is 0. The van der Waals surface area contributed by atoms with E-state index in [4.69, 9.17) is 10.5 Å². The topological polar surface area (TPSA) is 74.3 Å². The minimum Gasteiger partial charge on any atom is -0.370 e. The molecule has 1 aromatic rings. The number of nitrogens with two attached hydrogens (primary N) is 1. The highest BCUT2D eigenvalue weighted by Crippen LogP contribution is 2.24. The predicted molar refractivity (Wildman–Crippen MR) is 66.5 cm³/mol. The predicted octanol–water partition coefficient (Wildman–Crippen LogP) is 0.817. The summed E-state index contributed by atoms with van der Waals surface area (Å²) in [6, 6.07) is 1.95. The summed E-state index contributed by atoms with van der Waals surface area (Å²) in [4.78, 5) is 22.3. The van der Waals surface area contributed by atoms with Gasteiger partial charge in [0, 0.05) is 29.9 Å². The average Bonchev–Trinajstić information content (AvgIpc) is 2.63. The fraction of sp³-hybridized carbons (Fsp3) is 0.538. The minimum absolute atomic E-state index is 0.0541. The summed E-state index contributed by atoms with van der Waals surface area (Å²) in [7, 11) is 0. The van der Waals surface area contributed by atoms with Crippen molar-refractivity contribution in [2.24, 2.45) is 5.73 Å². The maximum atomic E-state index is 11.8. The Balaban J connectivity index is 2.04. The first kappa shape index (κ1) is 12.8. The van der Waals surface area contributed by atoms with Gasteiger partial charge in [-0.1, -0.05) is 0 Å². The van der Waals surface area contributed by atoms with Crippen LogP contribution in [0, 0.1) is 6.92 Å². The van der Waals surface area contributed by atoms with Crippen LogP contribution >= 0.6 is 0 Å². The zero-order chi connectivity index (χ0) is 13.1. The lowest BCUT2D eigenvalue weighted by Gasteiger charge is -2.15. The molecule has 0 saturated heterocycles. The van der Waals surface area contributed by atoms with Crippen molar-refractivity contribution in [1.29, 1.82) is 0 Å². The van der Waals surface area contributed by atoms with E-state index in [-0.39, 0.29) is 12.4 Å². The molecule has 1 amide bonds. The summed E-state index contributed by atoms with van der Waals surface area (Å²) in [5.74, 6) is -0.229. The second kappa shape index (κ2) is 5.35. The summed E-state index contributed by atoms with van der Waals surface area (Å²) in [6.07, 6.45) is 2.50. The molecule has 1 aliphatic carbocycles. The third kappa shape index (κ3) is 2.61. The van der Waals surface area contributed by atoms with Crippen molar-refractivity contribution < 1.29 is 14.3 Å². The van der Waals surface area contributed by atoms with Gasteiger partial charge in [0.25, 0.3) is 0 Å². The van der Waals surface area contributed by atoms with Crippen molar-refractivity contribution in [3.05, 3.63) is 23.0 Å². The Morgan fingerprint density at radius 1 is 1.50 bits per heavy atom. The number of carbonyl (C=O) groups is 2. The lowest BCUT2D eigenvalue weighted by atomic mass is 9.97. The molecule has 0 aliphatic heterocycles. The van der Waals surface area contributed by atoms with Crippen LogP contribution in [0.3, 0.4) is 0 Å². The van der Waals surface area contributed by atoms with Gasteiger partial charge in [0.2, 0.25) is 5.91 Å². The molecular weight excluding hydrogens is 232 g/mol. The van der Waals surface area contributed by atoms with Crippen molar-refractivity contribution in [3.8, 4) is 0 Å². The van der Waals surface area contributed by atoms with Crippen LogP contribution in [-0.4, -0.2) is 29.5 Å². The maximum Gasteiger partial charge on any atom is 0.243 e. The van der Waals surface area contributed by atoms with Gasteiger partial charge in [-0.2, -0.15) is 0 Å². The Kier molecular flexibility index (Phi) is 3.81. The minimum atomic E-state index is -0.462. The number of aryl methyl sites for hydroxylation is 1. The molecule has 0 bridgehead atoms. The number of hydrogen-bond donors (Lipinski definition) is 1. The van der Waals surface area contributed by atoms with Crippen LogP contribution < -0.4 is 5.73 Å². The highest BCUT2D eigenvalue weighted by atomic mass is 16.5. The van der Waals surface area contributed by atoms with Crippen LogP contribution in [0.1, 0.15) is 34.6 Å². The average molecular weight is 250 g/mol. The Labute approximate surface area is 106 Å².